The van der Waals surface area contributed by atoms with Crippen LogP contribution in [0.3, 0.4) is 0 Å². The Kier molecular flexibility index (Phi) is 9.99. The summed E-state index contributed by atoms with van der Waals surface area (Å²) in [4.78, 5) is 13.1. The number of carbonyl (C=O) groups excluding carboxylic acids is 1. The highest BCUT2D eigenvalue weighted by Gasteiger charge is 2.30. The zero-order chi connectivity index (χ0) is 25.4. The van der Waals surface area contributed by atoms with Crippen LogP contribution in [-0.2, 0) is 24.2 Å². The first kappa shape index (κ1) is 27.0. The summed E-state index contributed by atoms with van der Waals surface area (Å²) >= 11 is 6.31. The minimum atomic E-state index is -0.154. The molecule has 0 saturated carbocycles. The predicted octanol–water partition coefficient (Wildman–Crippen LogP) is 5.81. The molecule has 35 heavy (non-hydrogen) atoms. The summed E-state index contributed by atoms with van der Waals surface area (Å²) in [5, 5.41) is 10.5. The SMILES string of the molecule is CCCC1CC(C(=O)Nc2ccc(CC)c(CCN)c2)=NN1Cc1cc(Cl)ccc1OCC(C)C. The van der Waals surface area contributed by atoms with Gasteiger partial charge in [0.2, 0.25) is 0 Å². The molecule has 0 spiro atoms. The van der Waals surface area contributed by atoms with Crippen LogP contribution in [0.2, 0.25) is 5.02 Å². The summed E-state index contributed by atoms with van der Waals surface area (Å²) in [5.41, 5.74) is 10.5. The third-order valence-corrected chi connectivity index (χ3v) is 6.40. The van der Waals surface area contributed by atoms with Crippen molar-refractivity contribution in [3.05, 3.63) is 58.1 Å². The van der Waals surface area contributed by atoms with Gasteiger partial charge in [0.05, 0.1) is 19.2 Å². The lowest BCUT2D eigenvalue weighted by molar-refractivity contribution is -0.110. The molecule has 3 rings (SSSR count). The third kappa shape index (κ3) is 7.45. The molecule has 0 aromatic heterocycles. The Labute approximate surface area is 214 Å². The minimum Gasteiger partial charge on any atom is -0.493 e. The fraction of sp³-hybridized carbons (Fsp3) is 0.500. The fourth-order valence-electron chi connectivity index (χ4n) is 4.38. The first-order valence-corrected chi connectivity index (χ1v) is 13.1. The number of benzene rings is 2. The first-order chi connectivity index (χ1) is 16.8. The first-order valence-electron chi connectivity index (χ1n) is 12.7. The van der Waals surface area contributed by atoms with Crippen LogP contribution in [0.15, 0.2) is 41.5 Å². The summed E-state index contributed by atoms with van der Waals surface area (Å²) in [5.74, 6) is 1.08. The number of aryl methyl sites for hydroxylation is 1. The summed E-state index contributed by atoms with van der Waals surface area (Å²) in [7, 11) is 0. The van der Waals surface area contributed by atoms with Gasteiger partial charge in [0, 0.05) is 22.7 Å². The van der Waals surface area contributed by atoms with Gasteiger partial charge in [0.1, 0.15) is 11.5 Å². The van der Waals surface area contributed by atoms with Crippen LogP contribution in [0, 0.1) is 5.92 Å². The van der Waals surface area contributed by atoms with Gasteiger partial charge in [-0.15, -0.1) is 0 Å². The van der Waals surface area contributed by atoms with Crippen molar-refractivity contribution < 1.29 is 9.53 Å². The molecule has 0 radical (unpaired) electrons. The molecule has 2 aromatic rings. The lowest BCUT2D eigenvalue weighted by Crippen LogP contribution is -2.27. The standard InChI is InChI=1S/C28H39ClN4O2/c1-5-7-25-16-26(28(34)31-24-10-8-20(6-2)21(15-24)12-13-30)32-33(25)17-22-14-23(29)9-11-27(22)35-18-19(3)4/h8-11,14-15,19,25H,5-7,12-13,16-18,30H2,1-4H3,(H,31,34). The lowest BCUT2D eigenvalue weighted by atomic mass is 10.0. The van der Waals surface area contributed by atoms with Crippen LogP contribution < -0.4 is 15.8 Å². The number of halogens is 1. The second-order valence-corrected chi connectivity index (χ2v) is 10.0. The molecule has 6 nitrogen and oxygen atoms in total. The smallest absolute Gasteiger partial charge is 0.271 e. The number of carbonyl (C=O) groups is 1. The van der Waals surface area contributed by atoms with E-state index < -0.39 is 0 Å². The number of hydrogen-bond donors (Lipinski definition) is 2. The van der Waals surface area contributed by atoms with E-state index in [1.165, 1.54) is 11.1 Å². The van der Waals surface area contributed by atoms with Gasteiger partial charge in [0.25, 0.3) is 5.91 Å². The second-order valence-electron chi connectivity index (χ2n) is 9.58. The largest absolute Gasteiger partial charge is 0.493 e. The molecule has 3 N–H and O–H groups in total. The van der Waals surface area contributed by atoms with Crippen molar-refractivity contribution in [2.24, 2.45) is 16.8 Å². The maximum absolute atomic E-state index is 13.1. The summed E-state index contributed by atoms with van der Waals surface area (Å²) in [6.07, 6.45) is 4.32. The molecule has 1 aliphatic heterocycles. The molecule has 1 amide bonds. The number of nitrogens with two attached hydrogens (primary N) is 1. The van der Waals surface area contributed by atoms with Crippen molar-refractivity contribution in [2.75, 3.05) is 18.5 Å². The quantitative estimate of drug-likeness (QED) is 0.387. The molecule has 0 aliphatic carbocycles. The van der Waals surface area contributed by atoms with Crippen LogP contribution in [0.1, 0.15) is 63.6 Å². The van der Waals surface area contributed by atoms with E-state index in [0.29, 0.717) is 42.8 Å². The number of nitrogens with one attached hydrogen (secondary N) is 1. The Morgan fingerprint density at radius 2 is 2.00 bits per heavy atom. The van der Waals surface area contributed by atoms with E-state index in [0.717, 1.165) is 42.7 Å². The highest BCUT2D eigenvalue weighted by molar-refractivity contribution is 6.43. The molecule has 190 valence electrons. The van der Waals surface area contributed by atoms with E-state index in [-0.39, 0.29) is 11.9 Å². The van der Waals surface area contributed by atoms with Gasteiger partial charge in [0.15, 0.2) is 0 Å². The maximum atomic E-state index is 13.1. The number of hydrogen-bond acceptors (Lipinski definition) is 5. The average Bonchev–Trinajstić information content (AvgIpc) is 3.21. The van der Waals surface area contributed by atoms with Crippen LogP contribution in [0.25, 0.3) is 0 Å². The number of amides is 1. The second kappa shape index (κ2) is 12.9. The van der Waals surface area contributed by atoms with E-state index in [1.54, 1.807) is 0 Å². The van der Waals surface area contributed by atoms with Crippen molar-refractivity contribution in [1.82, 2.24) is 5.01 Å². The van der Waals surface area contributed by atoms with Gasteiger partial charge >= 0.3 is 0 Å². The molecule has 2 aromatic carbocycles. The van der Waals surface area contributed by atoms with Crippen molar-refractivity contribution >= 4 is 28.9 Å². The van der Waals surface area contributed by atoms with E-state index in [4.69, 9.17) is 27.2 Å². The normalized spacial score (nSPS) is 15.5. The molecule has 7 heteroatoms. The van der Waals surface area contributed by atoms with Crippen molar-refractivity contribution in [1.29, 1.82) is 0 Å². The third-order valence-electron chi connectivity index (χ3n) is 6.17. The molecule has 0 fully saturated rings. The highest BCUT2D eigenvalue weighted by atomic mass is 35.5. The molecule has 1 atom stereocenters. The zero-order valence-corrected chi connectivity index (χ0v) is 22.2. The Morgan fingerprint density at radius 1 is 1.20 bits per heavy atom. The van der Waals surface area contributed by atoms with Crippen LogP contribution in [0.5, 0.6) is 5.75 Å². The number of ether oxygens (including phenoxy) is 1. The van der Waals surface area contributed by atoms with Crippen LogP contribution >= 0.6 is 11.6 Å². The van der Waals surface area contributed by atoms with Crippen molar-refractivity contribution in [2.45, 2.75) is 72.4 Å². The zero-order valence-electron chi connectivity index (χ0n) is 21.4. The highest BCUT2D eigenvalue weighted by Crippen LogP contribution is 2.29. The Morgan fingerprint density at radius 3 is 2.69 bits per heavy atom. The number of anilines is 1. The topological polar surface area (TPSA) is 80.0 Å². The monoisotopic (exact) mass is 498 g/mol. The Balaban J connectivity index is 1.78. The molecule has 1 aliphatic rings. The number of hydrazone groups is 1. The summed E-state index contributed by atoms with van der Waals surface area (Å²) in [6, 6.07) is 11.9. The van der Waals surface area contributed by atoms with Crippen LogP contribution in [-0.4, -0.2) is 35.8 Å². The average molecular weight is 499 g/mol. The lowest BCUT2D eigenvalue weighted by Gasteiger charge is -2.24. The molecular formula is C28H39ClN4O2. The van der Waals surface area contributed by atoms with E-state index >= 15 is 0 Å². The van der Waals surface area contributed by atoms with E-state index in [1.807, 2.05) is 35.3 Å². The summed E-state index contributed by atoms with van der Waals surface area (Å²) in [6.45, 7) is 10.3. The summed E-state index contributed by atoms with van der Waals surface area (Å²) < 4.78 is 6.04. The predicted molar refractivity (Wildman–Crippen MR) is 145 cm³/mol. The van der Waals surface area contributed by atoms with Gasteiger partial charge in [-0.3, -0.25) is 9.80 Å². The molecule has 0 saturated heterocycles. The minimum absolute atomic E-state index is 0.154. The van der Waals surface area contributed by atoms with Gasteiger partial charge in [-0.1, -0.05) is 51.8 Å². The molecule has 0 bridgehead atoms. The Hall–Kier alpha value is -2.57. The number of nitrogens with zero attached hydrogens (tertiary/aromatic N) is 2. The Bertz CT molecular complexity index is 1040. The number of rotatable bonds is 12. The fourth-order valence-corrected chi connectivity index (χ4v) is 4.57. The maximum Gasteiger partial charge on any atom is 0.271 e. The van der Waals surface area contributed by atoms with Gasteiger partial charge in [-0.25, -0.2) is 0 Å². The van der Waals surface area contributed by atoms with Crippen molar-refractivity contribution in [3.63, 3.8) is 0 Å². The van der Waals surface area contributed by atoms with E-state index in [9.17, 15) is 4.79 Å². The van der Waals surface area contributed by atoms with Gasteiger partial charge in [-0.05, 0) is 73.2 Å². The molecular weight excluding hydrogens is 460 g/mol. The van der Waals surface area contributed by atoms with Gasteiger partial charge in [-0.2, -0.15) is 5.10 Å². The van der Waals surface area contributed by atoms with Gasteiger partial charge < -0.3 is 15.8 Å². The van der Waals surface area contributed by atoms with Crippen LogP contribution in [0.4, 0.5) is 5.69 Å². The molecule has 1 heterocycles. The molecule has 1 unspecified atom stereocenters. The van der Waals surface area contributed by atoms with E-state index in [2.05, 4.69) is 39.1 Å². The van der Waals surface area contributed by atoms with Crippen molar-refractivity contribution in [3.8, 4) is 5.75 Å².